The van der Waals surface area contributed by atoms with Gasteiger partial charge in [0, 0.05) is 37.6 Å². The Morgan fingerprint density at radius 1 is 0.892 bits per heavy atom. The zero-order valence-corrected chi connectivity index (χ0v) is 23.1. The fraction of sp³-hybridized carbons (Fsp3) is 0.567. The standard InChI is InChI=1S/C30H41N3O3S/c1-23(2)22-27(26-8-4-5-9-28(26)33-16-6-3-7-17-33)31-29(34)30(14-15-30)24-10-12-25(13-11-24)32-18-20-37(35,36)21-19-32/h4-5,8-13,23,27H,3,6-7,14-22H2,1-2H3,(H,31,34). The molecular weight excluding hydrogens is 482 g/mol. The number of para-hydroxylation sites is 1. The molecule has 2 aromatic rings. The monoisotopic (exact) mass is 523 g/mol. The van der Waals surface area contributed by atoms with Crippen molar-refractivity contribution in [3.8, 4) is 0 Å². The van der Waals surface area contributed by atoms with Crippen LogP contribution in [-0.4, -0.2) is 52.0 Å². The number of carbonyl (C=O) groups is 1. The number of rotatable bonds is 8. The van der Waals surface area contributed by atoms with Gasteiger partial charge in [0.25, 0.3) is 0 Å². The van der Waals surface area contributed by atoms with Crippen LogP contribution in [0.5, 0.6) is 0 Å². The largest absolute Gasteiger partial charge is 0.371 e. The summed E-state index contributed by atoms with van der Waals surface area (Å²) in [7, 11) is -2.91. The first-order chi connectivity index (χ1) is 17.8. The number of hydrogen-bond acceptors (Lipinski definition) is 5. The van der Waals surface area contributed by atoms with E-state index in [4.69, 9.17) is 0 Å². The van der Waals surface area contributed by atoms with Crippen LogP contribution < -0.4 is 15.1 Å². The van der Waals surface area contributed by atoms with E-state index in [1.165, 1.54) is 30.5 Å². The van der Waals surface area contributed by atoms with Gasteiger partial charge in [0.05, 0.1) is 23.0 Å². The highest BCUT2D eigenvalue weighted by molar-refractivity contribution is 7.91. The van der Waals surface area contributed by atoms with Crippen LogP contribution in [0.25, 0.3) is 0 Å². The van der Waals surface area contributed by atoms with E-state index in [0.717, 1.165) is 43.6 Å². The summed E-state index contributed by atoms with van der Waals surface area (Å²) < 4.78 is 23.6. The number of carbonyl (C=O) groups excluding carboxylic acids is 1. The van der Waals surface area contributed by atoms with E-state index in [1.807, 2.05) is 0 Å². The Kier molecular flexibility index (Phi) is 7.53. The summed E-state index contributed by atoms with van der Waals surface area (Å²) in [6, 6.07) is 16.9. The molecule has 0 bridgehead atoms. The molecule has 2 aromatic carbocycles. The molecule has 0 spiro atoms. The summed E-state index contributed by atoms with van der Waals surface area (Å²) in [6.07, 6.45) is 6.38. The van der Waals surface area contributed by atoms with Gasteiger partial charge in [-0.25, -0.2) is 8.42 Å². The van der Waals surface area contributed by atoms with Crippen LogP contribution >= 0.6 is 0 Å². The molecule has 1 saturated carbocycles. The van der Waals surface area contributed by atoms with Crippen LogP contribution in [0.1, 0.15) is 69.5 Å². The number of anilines is 2. The first-order valence-electron chi connectivity index (χ1n) is 14.0. The molecule has 0 aromatic heterocycles. The van der Waals surface area contributed by atoms with Gasteiger partial charge in [-0.2, -0.15) is 0 Å². The molecule has 2 heterocycles. The smallest absolute Gasteiger partial charge is 0.231 e. The van der Waals surface area contributed by atoms with E-state index in [-0.39, 0.29) is 23.5 Å². The molecule has 3 aliphatic rings. The second-order valence-corrected chi connectivity index (χ2v) is 13.8. The Balaban J connectivity index is 1.33. The van der Waals surface area contributed by atoms with Crippen molar-refractivity contribution in [2.24, 2.45) is 5.92 Å². The first-order valence-corrected chi connectivity index (χ1v) is 15.8. The minimum absolute atomic E-state index is 0.0160. The van der Waals surface area contributed by atoms with Crippen LogP contribution in [0.3, 0.4) is 0 Å². The van der Waals surface area contributed by atoms with Gasteiger partial charge in [-0.05, 0) is 73.8 Å². The predicted octanol–water partition coefficient (Wildman–Crippen LogP) is 4.85. The molecule has 1 N–H and O–H groups in total. The molecule has 2 aliphatic heterocycles. The third-order valence-corrected chi connectivity index (χ3v) is 9.94. The lowest BCUT2D eigenvalue weighted by molar-refractivity contribution is -0.124. The number of nitrogens with zero attached hydrogens (tertiary/aromatic N) is 2. The van der Waals surface area contributed by atoms with Crippen molar-refractivity contribution in [1.29, 1.82) is 0 Å². The minimum Gasteiger partial charge on any atom is -0.371 e. The quantitative estimate of drug-likeness (QED) is 0.536. The maximum atomic E-state index is 13.8. The zero-order valence-electron chi connectivity index (χ0n) is 22.3. The summed E-state index contributed by atoms with van der Waals surface area (Å²) in [5.74, 6) is 1.000. The Morgan fingerprint density at radius 2 is 1.54 bits per heavy atom. The summed E-state index contributed by atoms with van der Waals surface area (Å²) in [6.45, 7) is 7.67. The third-order valence-electron chi connectivity index (χ3n) is 8.34. The number of nitrogens with one attached hydrogen (secondary N) is 1. The molecule has 37 heavy (non-hydrogen) atoms. The lowest BCUT2D eigenvalue weighted by Gasteiger charge is -2.33. The van der Waals surface area contributed by atoms with Crippen molar-refractivity contribution in [2.45, 2.75) is 63.8 Å². The lowest BCUT2D eigenvalue weighted by Crippen LogP contribution is -2.40. The van der Waals surface area contributed by atoms with Crippen LogP contribution in [0.4, 0.5) is 11.4 Å². The van der Waals surface area contributed by atoms with Gasteiger partial charge in [-0.1, -0.05) is 44.2 Å². The molecule has 200 valence electrons. The molecule has 1 amide bonds. The predicted molar refractivity (Wildman–Crippen MR) is 151 cm³/mol. The van der Waals surface area contributed by atoms with Gasteiger partial charge in [-0.3, -0.25) is 4.79 Å². The number of amides is 1. The fourth-order valence-corrected chi connectivity index (χ4v) is 7.17. The summed E-state index contributed by atoms with van der Waals surface area (Å²) in [4.78, 5) is 18.5. The van der Waals surface area contributed by atoms with E-state index in [2.05, 4.69) is 77.5 Å². The highest BCUT2D eigenvalue weighted by atomic mass is 32.2. The summed E-state index contributed by atoms with van der Waals surface area (Å²) in [5, 5.41) is 3.49. The molecular formula is C30H41N3O3S. The Bertz CT molecular complexity index is 1180. The van der Waals surface area contributed by atoms with E-state index in [1.54, 1.807) is 0 Å². The van der Waals surface area contributed by atoms with E-state index in [9.17, 15) is 13.2 Å². The second kappa shape index (κ2) is 10.7. The summed E-state index contributed by atoms with van der Waals surface area (Å²) in [5.41, 5.74) is 4.14. The van der Waals surface area contributed by atoms with Gasteiger partial charge in [0.15, 0.2) is 9.84 Å². The second-order valence-electron chi connectivity index (χ2n) is 11.5. The maximum Gasteiger partial charge on any atom is 0.231 e. The molecule has 6 nitrogen and oxygen atoms in total. The molecule has 5 rings (SSSR count). The van der Waals surface area contributed by atoms with Crippen LogP contribution in [0.2, 0.25) is 0 Å². The van der Waals surface area contributed by atoms with Gasteiger partial charge >= 0.3 is 0 Å². The first kappa shape index (κ1) is 26.1. The number of hydrogen-bond donors (Lipinski definition) is 1. The van der Waals surface area contributed by atoms with Gasteiger partial charge in [0.1, 0.15) is 0 Å². The lowest BCUT2D eigenvalue weighted by atomic mass is 9.91. The fourth-order valence-electron chi connectivity index (χ4n) is 5.97. The zero-order chi connectivity index (χ0) is 26.0. The Morgan fingerprint density at radius 3 is 2.16 bits per heavy atom. The number of benzene rings is 2. The normalized spacial score (nSPS) is 21.5. The molecule has 7 heteroatoms. The van der Waals surface area contributed by atoms with Crippen molar-refractivity contribution in [3.63, 3.8) is 0 Å². The van der Waals surface area contributed by atoms with Crippen LogP contribution in [0, 0.1) is 5.92 Å². The Hall–Kier alpha value is -2.54. The van der Waals surface area contributed by atoms with Crippen molar-refractivity contribution >= 4 is 27.1 Å². The molecule has 2 saturated heterocycles. The van der Waals surface area contributed by atoms with Crippen LogP contribution in [0.15, 0.2) is 48.5 Å². The molecule has 1 aliphatic carbocycles. The van der Waals surface area contributed by atoms with E-state index >= 15 is 0 Å². The average Bonchev–Trinajstić information content (AvgIpc) is 3.71. The summed E-state index contributed by atoms with van der Waals surface area (Å²) >= 11 is 0. The number of piperidine rings is 1. The minimum atomic E-state index is -2.91. The Labute approximate surface area is 222 Å². The third kappa shape index (κ3) is 5.82. The topological polar surface area (TPSA) is 69.7 Å². The van der Waals surface area contributed by atoms with Crippen molar-refractivity contribution in [3.05, 3.63) is 59.7 Å². The van der Waals surface area contributed by atoms with Gasteiger partial charge in [0.2, 0.25) is 5.91 Å². The highest BCUT2D eigenvalue weighted by Gasteiger charge is 2.51. The van der Waals surface area contributed by atoms with E-state index in [0.29, 0.717) is 19.0 Å². The highest BCUT2D eigenvalue weighted by Crippen LogP contribution is 2.49. The SMILES string of the molecule is CC(C)CC(NC(=O)C1(c2ccc(N3CCS(=O)(=O)CC3)cc2)CC1)c1ccccc1N1CCCCC1. The number of sulfone groups is 1. The maximum absolute atomic E-state index is 13.8. The van der Waals surface area contributed by atoms with E-state index < -0.39 is 15.3 Å². The van der Waals surface area contributed by atoms with Crippen LogP contribution in [-0.2, 0) is 20.0 Å². The van der Waals surface area contributed by atoms with Crippen molar-refractivity contribution in [1.82, 2.24) is 5.32 Å². The van der Waals surface area contributed by atoms with Crippen molar-refractivity contribution < 1.29 is 13.2 Å². The average molecular weight is 524 g/mol. The van der Waals surface area contributed by atoms with Crippen molar-refractivity contribution in [2.75, 3.05) is 47.5 Å². The molecule has 3 fully saturated rings. The molecule has 0 radical (unpaired) electrons. The molecule has 1 unspecified atom stereocenters. The molecule has 1 atom stereocenters. The van der Waals surface area contributed by atoms with Gasteiger partial charge in [-0.15, -0.1) is 0 Å². The van der Waals surface area contributed by atoms with Gasteiger partial charge < -0.3 is 15.1 Å².